The number of sulfonamides is 1. The highest BCUT2D eigenvalue weighted by atomic mass is 32.2. The van der Waals surface area contributed by atoms with E-state index < -0.39 is 10.0 Å². The normalized spacial score (nSPS) is 19.8. The second-order valence-electron chi connectivity index (χ2n) is 7.91. The van der Waals surface area contributed by atoms with E-state index in [1.165, 1.54) is 4.31 Å². The van der Waals surface area contributed by atoms with Crippen LogP contribution in [0.1, 0.15) is 42.5 Å². The van der Waals surface area contributed by atoms with Crippen LogP contribution in [-0.4, -0.2) is 51.0 Å². The second kappa shape index (κ2) is 9.80. The van der Waals surface area contributed by atoms with E-state index in [0.717, 1.165) is 38.7 Å². The summed E-state index contributed by atoms with van der Waals surface area (Å²) >= 11 is 0. The third-order valence-corrected chi connectivity index (χ3v) is 7.55. The van der Waals surface area contributed by atoms with E-state index in [1.807, 2.05) is 0 Å². The Bertz CT molecular complexity index is 978. The van der Waals surface area contributed by atoms with E-state index >= 15 is 0 Å². The van der Waals surface area contributed by atoms with Gasteiger partial charge in [0, 0.05) is 30.9 Å². The SMILES string of the molecule is O=C(Nc1ccc(S(=O)(=O)N2CCCCC2)cc1)c1ccc(OC[C@H]2CCCO2)cc1. The lowest BCUT2D eigenvalue weighted by molar-refractivity contribution is 0.0679. The molecule has 2 aromatic carbocycles. The fourth-order valence-electron chi connectivity index (χ4n) is 3.84. The van der Waals surface area contributed by atoms with Gasteiger partial charge in [-0.1, -0.05) is 6.42 Å². The topological polar surface area (TPSA) is 84.9 Å². The summed E-state index contributed by atoms with van der Waals surface area (Å²) in [7, 11) is -3.48. The number of nitrogens with zero attached hydrogens (tertiary/aromatic N) is 1. The molecule has 8 heteroatoms. The maximum Gasteiger partial charge on any atom is 0.255 e. The molecule has 2 saturated heterocycles. The minimum Gasteiger partial charge on any atom is -0.491 e. The van der Waals surface area contributed by atoms with E-state index in [9.17, 15) is 13.2 Å². The molecule has 2 heterocycles. The van der Waals surface area contributed by atoms with E-state index in [4.69, 9.17) is 9.47 Å². The molecular weight excluding hydrogens is 416 g/mol. The first-order chi connectivity index (χ1) is 15.0. The molecule has 2 aliphatic rings. The van der Waals surface area contributed by atoms with Crippen molar-refractivity contribution in [2.75, 3.05) is 31.6 Å². The van der Waals surface area contributed by atoms with Crippen LogP contribution in [0.25, 0.3) is 0 Å². The Labute approximate surface area is 183 Å². The van der Waals surface area contributed by atoms with Gasteiger partial charge in [0.15, 0.2) is 0 Å². The maximum atomic E-state index is 12.7. The molecule has 1 atom stereocenters. The Balaban J connectivity index is 1.33. The summed E-state index contributed by atoms with van der Waals surface area (Å²) < 4.78 is 38.3. The van der Waals surface area contributed by atoms with Crippen molar-refractivity contribution >= 4 is 21.6 Å². The van der Waals surface area contributed by atoms with Crippen LogP contribution in [0.4, 0.5) is 5.69 Å². The first kappa shape index (κ1) is 21.8. The van der Waals surface area contributed by atoms with E-state index in [2.05, 4.69) is 5.32 Å². The van der Waals surface area contributed by atoms with E-state index in [0.29, 0.717) is 36.7 Å². The predicted octanol–water partition coefficient (Wildman–Crippen LogP) is 3.67. The number of rotatable bonds is 7. The molecule has 1 amide bonds. The van der Waals surface area contributed by atoms with Gasteiger partial charge in [-0.05, 0) is 74.2 Å². The Morgan fingerprint density at radius 2 is 1.71 bits per heavy atom. The highest BCUT2D eigenvalue weighted by Crippen LogP contribution is 2.22. The summed E-state index contributed by atoms with van der Waals surface area (Å²) in [5.41, 5.74) is 1.04. The third-order valence-electron chi connectivity index (χ3n) is 5.64. The van der Waals surface area contributed by atoms with E-state index in [-0.39, 0.29) is 16.9 Å². The average Bonchev–Trinajstić information content (AvgIpc) is 3.33. The number of hydrogen-bond acceptors (Lipinski definition) is 5. The fraction of sp³-hybridized carbons (Fsp3) is 0.435. The average molecular weight is 445 g/mol. The number of carbonyl (C=O) groups is 1. The Morgan fingerprint density at radius 1 is 1.00 bits per heavy atom. The second-order valence-corrected chi connectivity index (χ2v) is 9.85. The molecule has 7 nitrogen and oxygen atoms in total. The zero-order valence-electron chi connectivity index (χ0n) is 17.5. The van der Waals surface area contributed by atoms with Crippen molar-refractivity contribution in [3.8, 4) is 5.75 Å². The molecule has 166 valence electrons. The molecule has 0 unspecified atom stereocenters. The van der Waals surface area contributed by atoms with Crippen molar-refractivity contribution in [3.63, 3.8) is 0 Å². The fourth-order valence-corrected chi connectivity index (χ4v) is 5.35. The van der Waals surface area contributed by atoms with Crippen LogP contribution in [0, 0.1) is 0 Å². The van der Waals surface area contributed by atoms with Gasteiger partial charge in [-0.15, -0.1) is 0 Å². The molecule has 0 aromatic heterocycles. The number of anilines is 1. The highest BCUT2D eigenvalue weighted by Gasteiger charge is 2.25. The Hall–Kier alpha value is -2.42. The van der Waals surface area contributed by atoms with Gasteiger partial charge in [-0.2, -0.15) is 4.31 Å². The molecule has 31 heavy (non-hydrogen) atoms. The van der Waals surface area contributed by atoms with Crippen LogP contribution in [0.3, 0.4) is 0 Å². The van der Waals surface area contributed by atoms with E-state index in [1.54, 1.807) is 48.5 Å². The molecule has 0 radical (unpaired) electrons. The van der Waals surface area contributed by atoms with Gasteiger partial charge in [0.25, 0.3) is 5.91 Å². The van der Waals surface area contributed by atoms with Crippen molar-refractivity contribution in [2.45, 2.75) is 43.1 Å². The summed E-state index contributed by atoms with van der Waals surface area (Å²) in [5.74, 6) is 0.427. The summed E-state index contributed by atoms with van der Waals surface area (Å²) in [5, 5.41) is 2.80. The van der Waals surface area contributed by atoms with Crippen LogP contribution >= 0.6 is 0 Å². The number of piperidine rings is 1. The lowest BCUT2D eigenvalue weighted by atomic mass is 10.2. The van der Waals surface area contributed by atoms with Crippen molar-refractivity contribution in [2.24, 2.45) is 0 Å². The molecule has 0 saturated carbocycles. The molecule has 2 aliphatic heterocycles. The van der Waals surface area contributed by atoms with Crippen molar-refractivity contribution < 1.29 is 22.7 Å². The van der Waals surface area contributed by atoms with Gasteiger partial charge < -0.3 is 14.8 Å². The molecule has 2 aromatic rings. The van der Waals surface area contributed by atoms with Gasteiger partial charge in [0.05, 0.1) is 11.0 Å². The molecule has 2 fully saturated rings. The van der Waals surface area contributed by atoms with Gasteiger partial charge in [0.1, 0.15) is 12.4 Å². The van der Waals surface area contributed by atoms with Crippen LogP contribution in [0.5, 0.6) is 5.75 Å². The zero-order chi connectivity index (χ0) is 21.7. The van der Waals surface area contributed by atoms with Crippen LogP contribution in [-0.2, 0) is 14.8 Å². The lowest BCUT2D eigenvalue weighted by Crippen LogP contribution is -2.35. The quantitative estimate of drug-likeness (QED) is 0.704. The molecule has 0 aliphatic carbocycles. The Morgan fingerprint density at radius 3 is 2.35 bits per heavy atom. The maximum absolute atomic E-state index is 12.7. The smallest absolute Gasteiger partial charge is 0.255 e. The monoisotopic (exact) mass is 444 g/mol. The lowest BCUT2D eigenvalue weighted by Gasteiger charge is -2.25. The molecule has 4 rings (SSSR count). The standard InChI is InChI=1S/C23H28N2O5S/c26-23(18-6-10-20(11-7-18)30-17-21-5-4-16-29-21)24-19-8-12-22(13-9-19)31(27,28)25-14-2-1-3-15-25/h6-13,21H,1-5,14-17H2,(H,24,26)/t21-/m1/s1. The highest BCUT2D eigenvalue weighted by molar-refractivity contribution is 7.89. The number of nitrogens with one attached hydrogen (secondary N) is 1. The number of carbonyl (C=O) groups excluding carboxylic acids is 1. The minimum absolute atomic E-state index is 0.143. The zero-order valence-corrected chi connectivity index (χ0v) is 18.3. The van der Waals surface area contributed by atoms with Crippen LogP contribution in [0.2, 0.25) is 0 Å². The van der Waals surface area contributed by atoms with Crippen molar-refractivity contribution in [1.29, 1.82) is 0 Å². The minimum atomic E-state index is -3.48. The summed E-state index contributed by atoms with van der Waals surface area (Å²) in [6.45, 7) is 2.43. The summed E-state index contributed by atoms with van der Waals surface area (Å²) in [6, 6.07) is 13.3. The molecule has 1 N–H and O–H groups in total. The summed E-state index contributed by atoms with van der Waals surface area (Å²) in [4.78, 5) is 12.8. The number of hydrogen-bond donors (Lipinski definition) is 1. The van der Waals surface area contributed by atoms with Crippen LogP contribution in [0.15, 0.2) is 53.4 Å². The van der Waals surface area contributed by atoms with Gasteiger partial charge in [0.2, 0.25) is 10.0 Å². The molecular formula is C23H28N2O5S. The van der Waals surface area contributed by atoms with Crippen molar-refractivity contribution in [3.05, 3.63) is 54.1 Å². The van der Waals surface area contributed by atoms with Gasteiger partial charge in [-0.3, -0.25) is 4.79 Å². The first-order valence-electron chi connectivity index (χ1n) is 10.8. The third kappa shape index (κ3) is 5.44. The number of amides is 1. The summed E-state index contributed by atoms with van der Waals surface area (Å²) in [6.07, 6.45) is 5.08. The molecule has 0 spiro atoms. The van der Waals surface area contributed by atoms with Gasteiger partial charge in [-0.25, -0.2) is 8.42 Å². The largest absolute Gasteiger partial charge is 0.491 e. The van der Waals surface area contributed by atoms with Crippen molar-refractivity contribution in [1.82, 2.24) is 4.31 Å². The number of benzene rings is 2. The van der Waals surface area contributed by atoms with Crippen LogP contribution < -0.4 is 10.1 Å². The number of ether oxygens (including phenoxy) is 2. The molecule has 0 bridgehead atoms. The first-order valence-corrected chi connectivity index (χ1v) is 12.2. The predicted molar refractivity (Wildman–Crippen MR) is 118 cm³/mol. The Kier molecular flexibility index (Phi) is 6.89. The van der Waals surface area contributed by atoms with Gasteiger partial charge >= 0.3 is 0 Å².